The Labute approximate surface area is 91.5 Å². The van der Waals surface area contributed by atoms with Gasteiger partial charge in [0.15, 0.2) is 5.13 Å². The number of carbonyl (C=O) groups is 1. The Morgan fingerprint density at radius 2 is 2.43 bits per heavy atom. The van der Waals surface area contributed by atoms with Gasteiger partial charge in [-0.05, 0) is 15.9 Å². The fourth-order valence-electron chi connectivity index (χ4n) is 0.738. The molecule has 0 amide bonds. The Morgan fingerprint density at radius 3 is 2.79 bits per heavy atom. The molecule has 8 heteroatoms. The van der Waals surface area contributed by atoms with Crippen molar-refractivity contribution < 1.29 is 14.7 Å². The summed E-state index contributed by atoms with van der Waals surface area (Å²) < 4.78 is 0.508. The number of nitrogens with zero attached hydrogens (tertiary/aromatic N) is 2. The van der Waals surface area contributed by atoms with Crippen molar-refractivity contribution in [2.24, 2.45) is 5.16 Å². The first kappa shape index (κ1) is 10.9. The molecule has 1 aromatic rings. The number of oxime groups is 1. The largest absolute Gasteiger partial charge is 0.476 e. The Morgan fingerprint density at radius 1 is 1.79 bits per heavy atom. The van der Waals surface area contributed by atoms with Gasteiger partial charge in [0.1, 0.15) is 16.6 Å². The number of halogens is 1. The van der Waals surface area contributed by atoms with Gasteiger partial charge in [-0.3, -0.25) is 0 Å². The third kappa shape index (κ3) is 2.20. The van der Waals surface area contributed by atoms with Gasteiger partial charge in [0.05, 0.1) is 0 Å². The number of carboxylic acid groups (broad SMARTS) is 1. The Hall–Kier alpha value is -1.15. The van der Waals surface area contributed by atoms with E-state index in [1.165, 1.54) is 7.11 Å². The minimum Gasteiger partial charge on any atom is -0.476 e. The second kappa shape index (κ2) is 4.38. The zero-order valence-corrected chi connectivity index (χ0v) is 9.42. The van der Waals surface area contributed by atoms with Crippen LogP contribution in [0.4, 0.5) is 5.13 Å². The van der Waals surface area contributed by atoms with Crippen molar-refractivity contribution in [3.05, 3.63) is 9.48 Å². The molecular weight excluding hydrogens is 274 g/mol. The van der Waals surface area contributed by atoms with E-state index in [2.05, 4.69) is 30.9 Å². The van der Waals surface area contributed by atoms with Crippen molar-refractivity contribution in [2.75, 3.05) is 12.8 Å². The Balaban J connectivity index is 3.18. The molecule has 0 aliphatic carbocycles. The number of nitrogen functional groups attached to an aromatic ring is 1. The van der Waals surface area contributed by atoms with Gasteiger partial charge in [-0.2, -0.15) is 0 Å². The summed E-state index contributed by atoms with van der Waals surface area (Å²) in [5.74, 6) is -1.22. The van der Waals surface area contributed by atoms with Gasteiger partial charge in [-0.1, -0.05) is 16.5 Å². The average molecular weight is 280 g/mol. The van der Waals surface area contributed by atoms with Gasteiger partial charge >= 0.3 is 5.97 Å². The lowest BCUT2D eigenvalue weighted by atomic mass is 10.3. The normalized spacial score (nSPS) is 11.4. The topological polar surface area (TPSA) is 97.8 Å². The summed E-state index contributed by atoms with van der Waals surface area (Å²) in [6.07, 6.45) is 0. The van der Waals surface area contributed by atoms with Gasteiger partial charge in [-0.25, -0.2) is 9.78 Å². The monoisotopic (exact) mass is 279 g/mol. The molecule has 1 rings (SSSR count). The fraction of sp³-hybridized carbons (Fsp3) is 0.167. The molecule has 0 spiro atoms. The quantitative estimate of drug-likeness (QED) is 0.633. The van der Waals surface area contributed by atoms with Crippen LogP contribution in [0.3, 0.4) is 0 Å². The lowest BCUT2D eigenvalue weighted by molar-refractivity contribution is -0.129. The Bertz CT molecular complexity index is 390. The van der Waals surface area contributed by atoms with E-state index in [9.17, 15) is 4.79 Å². The predicted molar refractivity (Wildman–Crippen MR) is 55.4 cm³/mol. The summed E-state index contributed by atoms with van der Waals surface area (Å²) in [7, 11) is 1.26. The number of aromatic nitrogens is 1. The van der Waals surface area contributed by atoms with E-state index < -0.39 is 5.97 Å². The van der Waals surface area contributed by atoms with E-state index in [1.54, 1.807) is 0 Å². The highest BCUT2D eigenvalue weighted by Crippen LogP contribution is 2.26. The predicted octanol–water partition coefficient (Wildman–Crippen LogP) is 0.923. The van der Waals surface area contributed by atoms with Crippen LogP contribution in [0.2, 0.25) is 0 Å². The van der Waals surface area contributed by atoms with Gasteiger partial charge in [0, 0.05) is 0 Å². The fourth-order valence-corrected chi connectivity index (χ4v) is 2.07. The van der Waals surface area contributed by atoms with E-state index in [1.807, 2.05) is 0 Å². The molecule has 1 heterocycles. The van der Waals surface area contributed by atoms with Crippen LogP contribution in [0, 0.1) is 0 Å². The number of rotatable bonds is 3. The van der Waals surface area contributed by atoms with Crippen molar-refractivity contribution >= 4 is 44.1 Å². The molecular formula is C6H6BrN3O3S. The maximum atomic E-state index is 10.7. The summed E-state index contributed by atoms with van der Waals surface area (Å²) >= 11 is 4.26. The number of thiazole rings is 1. The summed E-state index contributed by atoms with van der Waals surface area (Å²) in [5, 5.41) is 12.4. The molecule has 0 atom stereocenters. The van der Waals surface area contributed by atoms with Crippen LogP contribution >= 0.6 is 27.3 Å². The molecule has 0 aromatic carbocycles. The first-order valence-electron chi connectivity index (χ1n) is 3.33. The first-order valence-corrected chi connectivity index (χ1v) is 4.93. The van der Waals surface area contributed by atoms with Crippen molar-refractivity contribution in [3.8, 4) is 0 Å². The molecule has 0 bridgehead atoms. The van der Waals surface area contributed by atoms with Crippen LogP contribution in [-0.2, 0) is 9.63 Å². The molecule has 0 fully saturated rings. The molecule has 0 saturated carbocycles. The first-order chi connectivity index (χ1) is 6.56. The third-order valence-electron chi connectivity index (χ3n) is 1.21. The lowest BCUT2D eigenvalue weighted by Gasteiger charge is -1.96. The molecule has 0 aliphatic rings. The molecule has 0 radical (unpaired) electrons. The number of nitrogens with two attached hydrogens (primary N) is 1. The zero-order chi connectivity index (χ0) is 10.7. The maximum Gasteiger partial charge on any atom is 0.360 e. The zero-order valence-electron chi connectivity index (χ0n) is 7.02. The Kier molecular flexibility index (Phi) is 3.42. The second-order valence-corrected chi connectivity index (χ2v) is 4.45. The van der Waals surface area contributed by atoms with E-state index in [-0.39, 0.29) is 16.5 Å². The van der Waals surface area contributed by atoms with Gasteiger partial charge in [0.2, 0.25) is 5.71 Å². The minimum absolute atomic E-state index is 0.168. The number of hydrogen-bond acceptors (Lipinski definition) is 6. The van der Waals surface area contributed by atoms with Crippen molar-refractivity contribution in [1.29, 1.82) is 0 Å². The molecule has 3 N–H and O–H groups in total. The lowest BCUT2D eigenvalue weighted by Crippen LogP contribution is -2.15. The minimum atomic E-state index is -1.22. The van der Waals surface area contributed by atoms with Crippen molar-refractivity contribution in [1.82, 2.24) is 4.98 Å². The summed E-state index contributed by atoms with van der Waals surface area (Å²) in [4.78, 5) is 18.9. The molecule has 0 unspecified atom stereocenters. The molecule has 6 nitrogen and oxygen atoms in total. The molecule has 0 aliphatic heterocycles. The van der Waals surface area contributed by atoms with Crippen molar-refractivity contribution in [2.45, 2.75) is 0 Å². The molecule has 1 aromatic heterocycles. The van der Waals surface area contributed by atoms with Crippen LogP contribution in [0.1, 0.15) is 5.69 Å². The summed E-state index contributed by atoms with van der Waals surface area (Å²) in [6, 6.07) is 0. The van der Waals surface area contributed by atoms with Gasteiger partial charge in [-0.15, -0.1) is 0 Å². The smallest absolute Gasteiger partial charge is 0.360 e. The van der Waals surface area contributed by atoms with E-state index in [0.29, 0.717) is 3.79 Å². The number of carboxylic acids is 1. The van der Waals surface area contributed by atoms with Crippen molar-refractivity contribution in [3.63, 3.8) is 0 Å². The van der Waals surface area contributed by atoms with Crippen LogP contribution < -0.4 is 5.73 Å². The molecule has 76 valence electrons. The summed E-state index contributed by atoms with van der Waals surface area (Å²) in [5.41, 5.74) is 5.29. The number of hydrogen-bond donors (Lipinski definition) is 2. The van der Waals surface area contributed by atoms with Gasteiger partial charge < -0.3 is 15.7 Å². The highest BCUT2D eigenvalue weighted by Gasteiger charge is 2.20. The van der Waals surface area contributed by atoms with E-state index in [0.717, 1.165) is 11.3 Å². The standard InChI is InChI=1S/C6H6BrN3O3S/c1-13-10-3(5(11)12)2-4(7)14-6(8)9-2/h1H3,(H2,8,9)(H,11,12)/b10-3+. The van der Waals surface area contributed by atoms with Crippen LogP contribution in [0.5, 0.6) is 0 Å². The van der Waals surface area contributed by atoms with Gasteiger partial charge in [0.25, 0.3) is 0 Å². The van der Waals surface area contributed by atoms with Crippen LogP contribution in [0.15, 0.2) is 8.94 Å². The number of anilines is 1. The average Bonchev–Trinajstić information content (AvgIpc) is 2.40. The number of aliphatic carboxylic acids is 1. The molecule has 14 heavy (non-hydrogen) atoms. The maximum absolute atomic E-state index is 10.7. The summed E-state index contributed by atoms with van der Waals surface area (Å²) in [6.45, 7) is 0. The highest BCUT2D eigenvalue weighted by atomic mass is 79.9. The van der Waals surface area contributed by atoms with E-state index >= 15 is 0 Å². The SMILES string of the molecule is CO/N=C(/C(=O)O)c1nc(N)sc1Br. The second-order valence-electron chi connectivity index (χ2n) is 2.10. The third-order valence-corrected chi connectivity index (χ3v) is 2.75. The van der Waals surface area contributed by atoms with Crippen LogP contribution in [0.25, 0.3) is 0 Å². The highest BCUT2D eigenvalue weighted by molar-refractivity contribution is 9.11. The molecule has 0 saturated heterocycles. The van der Waals surface area contributed by atoms with E-state index in [4.69, 9.17) is 10.8 Å². The van der Waals surface area contributed by atoms with Crippen LogP contribution in [-0.4, -0.2) is 28.9 Å².